The van der Waals surface area contributed by atoms with E-state index in [9.17, 15) is 0 Å². The van der Waals surface area contributed by atoms with E-state index >= 15 is 0 Å². The molecule has 1 atom stereocenters. The third kappa shape index (κ3) is 3.56. The molecule has 14 heavy (non-hydrogen) atoms. The fourth-order valence-electron chi connectivity index (χ4n) is 2.32. The lowest BCUT2D eigenvalue weighted by Crippen LogP contribution is -2.44. The number of likely N-dealkylation sites (N-methyl/N-ethyl adjacent to an activating group) is 2. The minimum absolute atomic E-state index is 0.241. The van der Waals surface area contributed by atoms with E-state index in [1.165, 1.54) is 25.7 Å². The summed E-state index contributed by atoms with van der Waals surface area (Å²) in [6, 6.07) is 0.994. The van der Waals surface area contributed by atoms with Gasteiger partial charge >= 0.3 is 0 Å². The summed E-state index contributed by atoms with van der Waals surface area (Å²) in [5, 5.41) is 12.5. The number of nitrogens with one attached hydrogen (secondary N) is 1. The second-order valence-electron chi connectivity index (χ2n) is 4.32. The molecule has 3 nitrogen and oxygen atoms in total. The van der Waals surface area contributed by atoms with Gasteiger partial charge in [0.2, 0.25) is 0 Å². The van der Waals surface area contributed by atoms with Crippen molar-refractivity contribution in [2.75, 3.05) is 26.7 Å². The summed E-state index contributed by atoms with van der Waals surface area (Å²) in [5.74, 6) is 0. The van der Waals surface area contributed by atoms with E-state index in [-0.39, 0.29) is 12.6 Å². The number of aliphatic hydroxyl groups excluding tert-OH is 1. The monoisotopic (exact) mass is 200 g/mol. The molecule has 1 fully saturated rings. The average molecular weight is 200 g/mol. The summed E-state index contributed by atoms with van der Waals surface area (Å²) in [5.41, 5.74) is 0. The van der Waals surface area contributed by atoms with Gasteiger partial charge < -0.3 is 15.3 Å². The van der Waals surface area contributed by atoms with Gasteiger partial charge in [-0.25, -0.2) is 0 Å². The molecule has 0 radical (unpaired) electrons. The smallest absolute Gasteiger partial charge is 0.0597 e. The molecule has 1 saturated carbocycles. The average Bonchev–Trinajstić information content (AvgIpc) is 2.69. The Kier molecular flexibility index (Phi) is 5.45. The fraction of sp³-hybridized carbons (Fsp3) is 1.00. The molecule has 1 rings (SSSR count). The molecule has 0 saturated heterocycles. The van der Waals surface area contributed by atoms with Crippen molar-refractivity contribution in [1.82, 2.24) is 10.2 Å². The highest BCUT2D eigenvalue weighted by molar-refractivity contribution is 4.78. The van der Waals surface area contributed by atoms with Crippen molar-refractivity contribution in [2.45, 2.75) is 44.7 Å². The summed E-state index contributed by atoms with van der Waals surface area (Å²) >= 11 is 0. The van der Waals surface area contributed by atoms with Gasteiger partial charge in [-0.2, -0.15) is 0 Å². The van der Waals surface area contributed by atoms with Crippen LogP contribution in [-0.4, -0.2) is 48.8 Å². The Labute approximate surface area is 87.5 Å². The molecule has 0 amide bonds. The predicted octanol–water partition coefficient (Wildman–Crippen LogP) is 0.831. The van der Waals surface area contributed by atoms with Crippen molar-refractivity contribution in [3.05, 3.63) is 0 Å². The first-order valence-electron chi connectivity index (χ1n) is 5.82. The van der Waals surface area contributed by atoms with Gasteiger partial charge in [-0.3, -0.25) is 0 Å². The zero-order chi connectivity index (χ0) is 10.4. The van der Waals surface area contributed by atoms with E-state index in [0.717, 1.165) is 19.1 Å². The fourth-order valence-corrected chi connectivity index (χ4v) is 2.32. The van der Waals surface area contributed by atoms with Crippen molar-refractivity contribution in [2.24, 2.45) is 0 Å². The van der Waals surface area contributed by atoms with Gasteiger partial charge in [-0.15, -0.1) is 0 Å². The summed E-state index contributed by atoms with van der Waals surface area (Å²) in [7, 11) is 2.18. The SMILES string of the molecule is CCNC(CO)CN(C)C1CCCC1. The van der Waals surface area contributed by atoms with Crippen LogP contribution < -0.4 is 5.32 Å². The Balaban J connectivity index is 2.25. The van der Waals surface area contributed by atoms with Crippen LogP contribution in [0.25, 0.3) is 0 Å². The van der Waals surface area contributed by atoms with Crippen molar-refractivity contribution in [3.63, 3.8) is 0 Å². The molecule has 0 aromatic rings. The Morgan fingerprint density at radius 1 is 1.43 bits per heavy atom. The van der Waals surface area contributed by atoms with Gasteiger partial charge in [0.1, 0.15) is 0 Å². The van der Waals surface area contributed by atoms with Crippen molar-refractivity contribution < 1.29 is 5.11 Å². The number of nitrogens with zero attached hydrogens (tertiary/aromatic N) is 1. The standard InChI is InChI=1S/C11H24N2O/c1-3-12-10(9-14)8-13(2)11-6-4-5-7-11/h10-12,14H,3-9H2,1-2H3. The van der Waals surface area contributed by atoms with Crippen molar-refractivity contribution >= 4 is 0 Å². The molecule has 0 spiro atoms. The predicted molar refractivity (Wildman–Crippen MR) is 59.4 cm³/mol. The van der Waals surface area contributed by atoms with E-state index in [4.69, 9.17) is 5.11 Å². The second-order valence-corrected chi connectivity index (χ2v) is 4.32. The maximum atomic E-state index is 9.16. The Morgan fingerprint density at radius 2 is 2.07 bits per heavy atom. The summed E-state index contributed by atoms with van der Waals surface area (Å²) in [4.78, 5) is 2.40. The molecule has 1 aliphatic carbocycles. The third-order valence-corrected chi connectivity index (χ3v) is 3.17. The zero-order valence-electron chi connectivity index (χ0n) is 9.50. The molecular weight excluding hydrogens is 176 g/mol. The minimum atomic E-state index is 0.241. The molecule has 1 aliphatic rings. The number of hydrogen-bond donors (Lipinski definition) is 2. The largest absolute Gasteiger partial charge is 0.395 e. The van der Waals surface area contributed by atoms with Gasteiger partial charge in [-0.05, 0) is 26.4 Å². The molecule has 0 aromatic carbocycles. The molecule has 2 N–H and O–H groups in total. The molecule has 0 aliphatic heterocycles. The lowest BCUT2D eigenvalue weighted by molar-refractivity contribution is 0.171. The van der Waals surface area contributed by atoms with Gasteiger partial charge in [0, 0.05) is 18.6 Å². The maximum Gasteiger partial charge on any atom is 0.0597 e. The molecule has 0 heterocycles. The molecule has 0 aromatic heterocycles. The minimum Gasteiger partial charge on any atom is -0.395 e. The lowest BCUT2D eigenvalue weighted by Gasteiger charge is -2.28. The Morgan fingerprint density at radius 3 is 2.57 bits per heavy atom. The molecule has 3 heteroatoms. The Hall–Kier alpha value is -0.120. The quantitative estimate of drug-likeness (QED) is 0.667. The van der Waals surface area contributed by atoms with Crippen LogP contribution in [0.15, 0.2) is 0 Å². The highest BCUT2D eigenvalue weighted by Crippen LogP contribution is 2.22. The molecule has 1 unspecified atom stereocenters. The van der Waals surface area contributed by atoms with E-state index in [1.807, 2.05) is 0 Å². The molecular formula is C11H24N2O. The summed E-state index contributed by atoms with van der Waals surface area (Å²) in [6.45, 7) is 4.22. The van der Waals surface area contributed by atoms with Crippen molar-refractivity contribution in [3.8, 4) is 0 Å². The number of aliphatic hydroxyl groups is 1. The highest BCUT2D eigenvalue weighted by atomic mass is 16.3. The van der Waals surface area contributed by atoms with E-state index in [1.54, 1.807) is 0 Å². The highest BCUT2D eigenvalue weighted by Gasteiger charge is 2.21. The normalized spacial score (nSPS) is 20.6. The van der Waals surface area contributed by atoms with E-state index in [0.29, 0.717) is 0 Å². The van der Waals surface area contributed by atoms with Crippen LogP contribution in [0.4, 0.5) is 0 Å². The van der Waals surface area contributed by atoms with Crippen LogP contribution in [0.1, 0.15) is 32.6 Å². The first kappa shape index (κ1) is 12.0. The molecule has 84 valence electrons. The third-order valence-electron chi connectivity index (χ3n) is 3.17. The number of hydrogen-bond acceptors (Lipinski definition) is 3. The number of rotatable bonds is 6. The first-order valence-corrected chi connectivity index (χ1v) is 5.82. The van der Waals surface area contributed by atoms with E-state index < -0.39 is 0 Å². The second kappa shape index (κ2) is 6.38. The van der Waals surface area contributed by atoms with Crippen LogP contribution in [-0.2, 0) is 0 Å². The van der Waals surface area contributed by atoms with Crippen LogP contribution in [0.5, 0.6) is 0 Å². The van der Waals surface area contributed by atoms with Gasteiger partial charge in [-0.1, -0.05) is 19.8 Å². The first-order chi connectivity index (χ1) is 6.77. The van der Waals surface area contributed by atoms with Gasteiger partial charge in [0.25, 0.3) is 0 Å². The molecule has 0 bridgehead atoms. The summed E-state index contributed by atoms with van der Waals surface area (Å²) in [6.07, 6.45) is 5.42. The van der Waals surface area contributed by atoms with Crippen molar-refractivity contribution in [1.29, 1.82) is 0 Å². The van der Waals surface area contributed by atoms with E-state index in [2.05, 4.69) is 24.2 Å². The van der Waals surface area contributed by atoms with Gasteiger partial charge in [0.05, 0.1) is 6.61 Å². The Bertz CT molecular complexity index is 146. The summed E-state index contributed by atoms with van der Waals surface area (Å²) < 4.78 is 0. The van der Waals surface area contributed by atoms with Crippen LogP contribution in [0, 0.1) is 0 Å². The maximum absolute atomic E-state index is 9.16. The lowest BCUT2D eigenvalue weighted by atomic mass is 10.2. The zero-order valence-corrected chi connectivity index (χ0v) is 9.50. The van der Waals surface area contributed by atoms with Gasteiger partial charge in [0.15, 0.2) is 0 Å². The topological polar surface area (TPSA) is 35.5 Å². The van der Waals surface area contributed by atoms with Crippen LogP contribution in [0.2, 0.25) is 0 Å². The van der Waals surface area contributed by atoms with Crippen LogP contribution in [0.3, 0.4) is 0 Å². The van der Waals surface area contributed by atoms with Crippen LogP contribution >= 0.6 is 0 Å².